The quantitative estimate of drug-likeness (QED) is 0.781. The van der Waals surface area contributed by atoms with E-state index in [4.69, 9.17) is 0 Å². The third-order valence-electron chi connectivity index (χ3n) is 4.94. The number of aliphatic carboxylic acids is 1. The van der Waals surface area contributed by atoms with Crippen LogP contribution >= 0.6 is 0 Å². The summed E-state index contributed by atoms with van der Waals surface area (Å²) in [5.41, 5.74) is 0.151. The van der Waals surface area contributed by atoms with E-state index in [1.807, 2.05) is 26.0 Å². The van der Waals surface area contributed by atoms with Crippen molar-refractivity contribution in [2.24, 2.45) is 5.92 Å². The summed E-state index contributed by atoms with van der Waals surface area (Å²) in [6, 6.07) is 7.11. The van der Waals surface area contributed by atoms with Gasteiger partial charge in [-0.25, -0.2) is 4.79 Å². The molecule has 0 aromatic heterocycles. The second-order valence-corrected chi connectivity index (χ2v) is 7.37. The first-order chi connectivity index (χ1) is 12.3. The molecule has 142 valence electrons. The van der Waals surface area contributed by atoms with Gasteiger partial charge in [0.2, 0.25) is 0 Å². The molecule has 1 aliphatic rings. The molecule has 0 saturated carbocycles. The molecule has 0 bridgehead atoms. The summed E-state index contributed by atoms with van der Waals surface area (Å²) < 4.78 is 0. The van der Waals surface area contributed by atoms with Gasteiger partial charge in [0.25, 0.3) is 5.91 Å². The fourth-order valence-corrected chi connectivity index (χ4v) is 3.40. The van der Waals surface area contributed by atoms with Crippen LogP contribution in [0.4, 0.5) is 5.69 Å². The number of piperidine rings is 1. The molecule has 2 rings (SSSR count). The fourth-order valence-electron chi connectivity index (χ4n) is 3.40. The molecule has 0 radical (unpaired) electrons. The number of carboxylic acid groups (broad SMARTS) is 1. The van der Waals surface area contributed by atoms with Crippen LogP contribution in [0.3, 0.4) is 0 Å². The van der Waals surface area contributed by atoms with Gasteiger partial charge in [-0.2, -0.15) is 0 Å². The molecule has 1 heterocycles. The average Bonchev–Trinajstić information content (AvgIpc) is 2.61. The molecule has 6 nitrogen and oxygen atoms in total. The molecule has 2 N–H and O–H groups in total. The van der Waals surface area contributed by atoms with Crippen LogP contribution in [0.5, 0.6) is 0 Å². The average molecular weight is 360 g/mol. The molecule has 1 atom stereocenters. The smallest absolute Gasteiger partial charge is 0.329 e. The van der Waals surface area contributed by atoms with Gasteiger partial charge < -0.3 is 15.3 Å². The first kappa shape index (κ1) is 19.9. The van der Waals surface area contributed by atoms with Gasteiger partial charge in [0.1, 0.15) is 11.3 Å². The van der Waals surface area contributed by atoms with Gasteiger partial charge in [-0.3, -0.25) is 9.59 Å². The van der Waals surface area contributed by atoms with Gasteiger partial charge in [-0.1, -0.05) is 20.8 Å². The normalized spacial score (nSPS) is 17.1. The second-order valence-electron chi connectivity index (χ2n) is 7.37. The Balaban J connectivity index is 2.11. The van der Waals surface area contributed by atoms with E-state index in [-0.39, 0.29) is 17.6 Å². The molecule has 1 saturated heterocycles. The van der Waals surface area contributed by atoms with Crippen LogP contribution in [-0.4, -0.2) is 41.4 Å². The van der Waals surface area contributed by atoms with E-state index in [9.17, 15) is 19.5 Å². The molecule has 1 aromatic rings. The van der Waals surface area contributed by atoms with Crippen molar-refractivity contribution in [3.05, 3.63) is 29.8 Å². The third-order valence-corrected chi connectivity index (χ3v) is 4.94. The van der Waals surface area contributed by atoms with Crippen LogP contribution in [0.2, 0.25) is 0 Å². The van der Waals surface area contributed by atoms with Crippen molar-refractivity contribution in [1.29, 1.82) is 0 Å². The summed E-state index contributed by atoms with van der Waals surface area (Å²) in [5.74, 6) is -0.950. The van der Waals surface area contributed by atoms with Crippen LogP contribution in [0.15, 0.2) is 24.3 Å². The highest BCUT2D eigenvalue weighted by Gasteiger charge is 2.39. The summed E-state index contributed by atoms with van der Waals surface area (Å²) in [5, 5.41) is 12.4. The Morgan fingerprint density at radius 1 is 1.19 bits per heavy atom. The number of benzene rings is 1. The first-order valence-corrected chi connectivity index (χ1v) is 9.20. The lowest BCUT2D eigenvalue weighted by atomic mass is 9.86. The number of nitrogens with one attached hydrogen (secondary N) is 1. The van der Waals surface area contributed by atoms with Gasteiger partial charge >= 0.3 is 5.97 Å². The van der Waals surface area contributed by atoms with Gasteiger partial charge in [0.05, 0.1) is 0 Å². The van der Waals surface area contributed by atoms with E-state index >= 15 is 0 Å². The van der Waals surface area contributed by atoms with Crippen molar-refractivity contribution in [3.8, 4) is 0 Å². The molecule has 1 aromatic carbocycles. The number of amides is 1. The monoisotopic (exact) mass is 360 g/mol. The van der Waals surface area contributed by atoms with Crippen LogP contribution in [0.25, 0.3) is 0 Å². The number of rotatable bonds is 7. The largest absolute Gasteiger partial charge is 0.480 e. The van der Waals surface area contributed by atoms with Crippen molar-refractivity contribution in [1.82, 2.24) is 5.32 Å². The maximum absolute atomic E-state index is 12.6. The van der Waals surface area contributed by atoms with E-state index in [0.717, 1.165) is 5.69 Å². The Morgan fingerprint density at radius 2 is 1.77 bits per heavy atom. The maximum atomic E-state index is 12.6. The third kappa shape index (κ3) is 4.62. The number of carbonyl (C=O) groups excluding carboxylic acids is 2. The minimum Gasteiger partial charge on any atom is -0.480 e. The van der Waals surface area contributed by atoms with E-state index < -0.39 is 11.5 Å². The Bertz CT molecular complexity index is 659. The predicted molar refractivity (Wildman–Crippen MR) is 100 cm³/mol. The second kappa shape index (κ2) is 8.34. The molecule has 1 fully saturated rings. The minimum absolute atomic E-state index is 0.149. The number of hydrogen-bond acceptors (Lipinski definition) is 4. The molecular weight excluding hydrogens is 332 g/mol. The summed E-state index contributed by atoms with van der Waals surface area (Å²) in [7, 11) is 0. The number of carbonyl (C=O) groups is 3. The van der Waals surface area contributed by atoms with Crippen molar-refractivity contribution in [2.75, 3.05) is 18.0 Å². The molecule has 6 heteroatoms. The van der Waals surface area contributed by atoms with E-state index in [2.05, 4.69) is 10.2 Å². The maximum Gasteiger partial charge on any atom is 0.329 e. The number of Topliss-reactive ketones (excluding diaryl/α,β-unsaturated/α-hetero) is 1. The topological polar surface area (TPSA) is 86.7 Å². The van der Waals surface area contributed by atoms with Crippen molar-refractivity contribution < 1.29 is 19.5 Å². The highest BCUT2D eigenvalue weighted by Crippen LogP contribution is 2.23. The number of carboxylic acids is 1. The first-order valence-electron chi connectivity index (χ1n) is 9.20. The minimum atomic E-state index is -1.25. The lowest BCUT2D eigenvalue weighted by Gasteiger charge is -2.31. The summed E-state index contributed by atoms with van der Waals surface area (Å²) in [6.07, 6.45) is 1.81. The van der Waals surface area contributed by atoms with E-state index in [0.29, 0.717) is 44.3 Å². The van der Waals surface area contributed by atoms with E-state index in [1.165, 1.54) is 0 Å². The van der Waals surface area contributed by atoms with Crippen LogP contribution in [0, 0.1) is 5.92 Å². The van der Waals surface area contributed by atoms with Crippen molar-refractivity contribution >= 4 is 23.3 Å². The number of nitrogens with zero attached hydrogens (tertiary/aromatic N) is 1. The summed E-state index contributed by atoms with van der Waals surface area (Å²) >= 11 is 0. The van der Waals surface area contributed by atoms with Crippen LogP contribution in [0.1, 0.15) is 56.8 Å². The molecule has 0 aliphatic carbocycles. The fraction of sp³-hybridized carbons (Fsp3) is 0.550. The Morgan fingerprint density at radius 3 is 2.23 bits per heavy atom. The Kier molecular flexibility index (Phi) is 6.40. The zero-order valence-electron chi connectivity index (χ0n) is 15.7. The lowest BCUT2D eigenvalue weighted by Crippen LogP contribution is -2.54. The van der Waals surface area contributed by atoms with Crippen molar-refractivity contribution in [2.45, 2.75) is 52.0 Å². The standard InChI is InChI=1S/C20H28N2O4/c1-4-20(19(25)26,13-14(2)3)21-18(24)15-5-7-16(8-6-15)22-11-9-17(23)10-12-22/h5-8,14H,4,9-13H2,1-3H3,(H,21,24)(H,25,26). The molecule has 0 spiro atoms. The molecule has 1 aliphatic heterocycles. The zero-order chi connectivity index (χ0) is 19.3. The van der Waals surface area contributed by atoms with Crippen LogP contribution < -0.4 is 10.2 Å². The highest BCUT2D eigenvalue weighted by atomic mass is 16.4. The van der Waals surface area contributed by atoms with Gasteiger partial charge in [-0.15, -0.1) is 0 Å². The molecular formula is C20H28N2O4. The predicted octanol–water partition coefficient (Wildman–Crippen LogP) is 2.87. The van der Waals surface area contributed by atoms with Gasteiger partial charge in [0.15, 0.2) is 0 Å². The van der Waals surface area contributed by atoms with Crippen molar-refractivity contribution in [3.63, 3.8) is 0 Å². The SMILES string of the molecule is CCC(CC(C)C)(NC(=O)c1ccc(N2CCC(=O)CC2)cc1)C(=O)O. The number of anilines is 1. The summed E-state index contributed by atoms with van der Waals surface area (Å²) in [4.78, 5) is 37.9. The Labute approximate surface area is 154 Å². The molecule has 1 unspecified atom stereocenters. The van der Waals surface area contributed by atoms with E-state index in [1.54, 1.807) is 19.1 Å². The summed E-state index contributed by atoms with van der Waals surface area (Å²) in [6.45, 7) is 7.04. The number of hydrogen-bond donors (Lipinski definition) is 2. The van der Waals surface area contributed by atoms with Crippen LogP contribution in [-0.2, 0) is 9.59 Å². The molecule has 26 heavy (non-hydrogen) atoms. The lowest BCUT2D eigenvalue weighted by molar-refractivity contribution is -0.145. The number of ketones is 1. The van der Waals surface area contributed by atoms with Gasteiger partial charge in [-0.05, 0) is 43.0 Å². The Hall–Kier alpha value is -2.37. The highest BCUT2D eigenvalue weighted by molar-refractivity contribution is 5.98. The zero-order valence-corrected chi connectivity index (χ0v) is 15.7. The molecule has 1 amide bonds. The van der Waals surface area contributed by atoms with Gasteiger partial charge in [0, 0.05) is 37.2 Å².